The minimum Gasteiger partial charge on any atom is -0.391 e. The molecule has 122 valence electrons. The first-order chi connectivity index (χ1) is 10.5. The van der Waals surface area contributed by atoms with Crippen LogP contribution in [0, 0.1) is 11.7 Å². The topological polar surface area (TPSA) is 65.5 Å². The molecule has 0 radical (unpaired) electrons. The minimum absolute atomic E-state index is 0.0299. The number of aliphatic hydroxyl groups excluding tert-OH is 1. The number of pyridine rings is 1. The Hall–Kier alpha value is -1.53. The summed E-state index contributed by atoms with van der Waals surface area (Å²) < 4.78 is 12.9. The molecule has 2 rings (SSSR count). The number of nitrogens with one attached hydrogen (secondary N) is 1. The zero-order valence-corrected chi connectivity index (χ0v) is 13.1. The fourth-order valence-electron chi connectivity index (χ4n) is 2.55. The van der Waals surface area contributed by atoms with Crippen LogP contribution in [-0.2, 0) is 11.3 Å². The van der Waals surface area contributed by atoms with Gasteiger partial charge in [-0.25, -0.2) is 4.39 Å². The van der Waals surface area contributed by atoms with E-state index in [0.29, 0.717) is 19.4 Å². The van der Waals surface area contributed by atoms with Crippen molar-refractivity contribution in [2.45, 2.75) is 45.4 Å². The molecule has 22 heavy (non-hydrogen) atoms. The molecule has 0 unspecified atom stereocenters. The van der Waals surface area contributed by atoms with Crippen LogP contribution in [0.5, 0.6) is 0 Å². The molecule has 5 nitrogen and oxygen atoms in total. The molecule has 1 aromatic heterocycles. The summed E-state index contributed by atoms with van der Waals surface area (Å²) in [6.45, 7) is 5.79. The summed E-state index contributed by atoms with van der Waals surface area (Å²) in [7, 11) is 0. The number of hydrogen-bond acceptors (Lipinski definition) is 4. The number of carbonyl (C=O) groups is 1. The highest BCUT2D eigenvalue weighted by molar-refractivity contribution is 5.78. The van der Waals surface area contributed by atoms with E-state index < -0.39 is 6.10 Å². The summed E-state index contributed by atoms with van der Waals surface area (Å²) in [6.07, 6.45) is 1.98. The van der Waals surface area contributed by atoms with E-state index >= 15 is 0 Å². The van der Waals surface area contributed by atoms with Gasteiger partial charge in [-0.05, 0) is 25.0 Å². The lowest BCUT2D eigenvalue weighted by atomic mass is 10.1. The predicted molar refractivity (Wildman–Crippen MR) is 81.5 cm³/mol. The lowest BCUT2D eigenvalue weighted by molar-refractivity contribution is -0.125. The molecule has 2 atom stereocenters. The largest absolute Gasteiger partial charge is 0.391 e. The van der Waals surface area contributed by atoms with E-state index in [4.69, 9.17) is 0 Å². The van der Waals surface area contributed by atoms with Crippen LogP contribution < -0.4 is 5.32 Å². The third-order valence-corrected chi connectivity index (χ3v) is 3.99. The van der Waals surface area contributed by atoms with Gasteiger partial charge >= 0.3 is 0 Å². The van der Waals surface area contributed by atoms with Gasteiger partial charge in [0.25, 0.3) is 0 Å². The van der Waals surface area contributed by atoms with Crippen LogP contribution in [0.3, 0.4) is 0 Å². The van der Waals surface area contributed by atoms with Gasteiger partial charge in [0.1, 0.15) is 5.82 Å². The number of amides is 1. The first kappa shape index (κ1) is 16.8. The molecule has 1 aromatic rings. The van der Waals surface area contributed by atoms with Gasteiger partial charge in [-0.2, -0.15) is 0 Å². The van der Waals surface area contributed by atoms with Crippen LogP contribution in [0.4, 0.5) is 4.39 Å². The fourth-order valence-corrected chi connectivity index (χ4v) is 2.55. The van der Waals surface area contributed by atoms with Crippen molar-refractivity contribution in [3.8, 4) is 0 Å². The van der Waals surface area contributed by atoms with Crippen LogP contribution in [0.15, 0.2) is 18.3 Å². The van der Waals surface area contributed by atoms with E-state index in [-0.39, 0.29) is 23.7 Å². The SMILES string of the molecule is CC(C)C(=O)N[C@H]1CCN(Cc2ccc(F)cn2)CC[C@@H]1O. The average Bonchev–Trinajstić information content (AvgIpc) is 2.65. The lowest BCUT2D eigenvalue weighted by Gasteiger charge is -2.22. The van der Waals surface area contributed by atoms with E-state index in [1.807, 2.05) is 13.8 Å². The van der Waals surface area contributed by atoms with E-state index in [9.17, 15) is 14.3 Å². The summed E-state index contributed by atoms with van der Waals surface area (Å²) in [6, 6.07) is 2.87. The number of aliphatic hydroxyl groups is 1. The van der Waals surface area contributed by atoms with E-state index in [1.54, 1.807) is 6.07 Å². The summed E-state index contributed by atoms with van der Waals surface area (Å²) in [5, 5.41) is 13.1. The zero-order chi connectivity index (χ0) is 16.1. The van der Waals surface area contributed by atoms with Crippen molar-refractivity contribution in [1.82, 2.24) is 15.2 Å². The Morgan fingerprint density at radius 1 is 1.45 bits per heavy atom. The molecule has 2 N–H and O–H groups in total. The fraction of sp³-hybridized carbons (Fsp3) is 0.625. The average molecular weight is 309 g/mol. The number of halogens is 1. The molecule has 0 spiro atoms. The highest BCUT2D eigenvalue weighted by Crippen LogP contribution is 2.15. The molecule has 0 aliphatic carbocycles. The quantitative estimate of drug-likeness (QED) is 0.880. The smallest absolute Gasteiger partial charge is 0.222 e. The highest BCUT2D eigenvalue weighted by Gasteiger charge is 2.26. The minimum atomic E-state index is -0.533. The van der Waals surface area contributed by atoms with E-state index in [0.717, 1.165) is 18.8 Å². The van der Waals surface area contributed by atoms with Gasteiger partial charge in [-0.3, -0.25) is 14.7 Å². The summed E-state index contributed by atoms with van der Waals surface area (Å²) >= 11 is 0. The molecule has 0 saturated carbocycles. The Balaban J connectivity index is 1.90. The second-order valence-corrected chi connectivity index (χ2v) is 6.16. The van der Waals surface area contributed by atoms with Crippen LogP contribution in [0.2, 0.25) is 0 Å². The standard InChI is InChI=1S/C16H24FN3O2/c1-11(2)16(22)19-14-5-7-20(8-6-15(14)21)10-13-4-3-12(17)9-18-13/h3-4,9,11,14-15,21H,5-8,10H2,1-2H3,(H,19,22)/t14-,15-/m0/s1. The lowest BCUT2D eigenvalue weighted by Crippen LogP contribution is -2.44. The van der Waals surface area contributed by atoms with Gasteiger partial charge in [0.15, 0.2) is 0 Å². The molecule has 1 fully saturated rings. The van der Waals surface area contributed by atoms with E-state index in [1.165, 1.54) is 12.3 Å². The van der Waals surface area contributed by atoms with Crippen LogP contribution in [0.25, 0.3) is 0 Å². The van der Waals surface area contributed by atoms with Crippen molar-refractivity contribution in [3.05, 3.63) is 29.8 Å². The van der Waals surface area contributed by atoms with Gasteiger partial charge < -0.3 is 10.4 Å². The summed E-state index contributed by atoms with van der Waals surface area (Å²) in [5.41, 5.74) is 0.806. The number of likely N-dealkylation sites (tertiary alicyclic amines) is 1. The molecule has 2 heterocycles. The molecule has 0 aromatic carbocycles. The van der Waals surface area contributed by atoms with Crippen molar-refractivity contribution in [1.29, 1.82) is 0 Å². The van der Waals surface area contributed by atoms with Crippen LogP contribution >= 0.6 is 0 Å². The van der Waals surface area contributed by atoms with Crippen molar-refractivity contribution in [2.75, 3.05) is 13.1 Å². The summed E-state index contributed by atoms with van der Waals surface area (Å²) in [4.78, 5) is 18.0. The Morgan fingerprint density at radius 2 is 2.18 bits per heavy atom. The molecule has 1 amide bonds. The van der Waals surface area contributed by atoms with Gasteiger partial charge in [-0.1, -0.05) is 13.8 Å². The molecular weight excluding hydrogens is 285 g/mol. The maximum absolute atomic E-state index is 12.9. The molecular formula is C16H24FN3O2. The van der Waals surface area contributed by atoms with Crippen molar-refractivity contribution >= 4 is 5.91 Å². The molecule has 0 bridgehead atoms. The van der Waals surface area contributed by atoms with Crippen molar-refractivity contribution < 1.29 is 14.3 Å². The Labute approximate surface area is 130 Å². The number of nitrogens with zero attached hydrogens (tertiary/aromatic N) is 2. The highest BCUT2D eigenvalue weighted by atomic mass is 19.1. The third-order valence-electron chi connectivity index (χ3n) is 3.99. The first-order valence-electron chi connectivity index (χ1n) is 7.77. The van der Waals surface area contributed by atoms with Gasteiger partial charge in [0.05, 0.1) is 24.0 Å². The first-order valence-corrected chi connectivity index (χ1v) is 7.77. The number of carbonyl (C=O) groups excluding carboxylic acids is 1. The van der Waals surface area contributed by atoms with Crippen LogP contribution in [0.1, 0.15) is 32.4 Å². The van der Waals surface area contributed by atoms with Crippen LogP contribution in [-0.4, -0.2) is 46.1 Å². The normalized spacial score (nSPS) is 23.3. The maximum atomic E-state index is 12.9. The molecule has 1 saturated heterocycles. The maximum Gasteiger partial charge on any atom is 0.222 e. The monoisotopic (exact) mass is 309 g/mol. The zero-order valence-electron chi connectivity index (χ0n) is 13.1. The molecule has 1 aliphatic heterocycles. The number of rotatable bonds is 4. The van der Waals surface area contributed by atoms with Gasteiger partial charge in [0.2, 0.25) is 5.91 Å². The number of hydrogen-bond donors (Lipinski definition) is 2. The number of aromatic nitrogens is 1. The second-order valence-electron chi connectivity index (χ2n) is 6.16. The molecule has 6 heteroatoms. The Bertz CT molecular complexity index is 493. The Kier molecular flexibility index (Phi) is 5.85. The third kappa shape index (κ3) is 4.74. The van der Waals surface area contributed by atoms with Crippen molar-refractivity contribution in [2.24, 2.45) is 5.92 Å². The predicted octanol–water partition coefficient (Wildman–Crippen LogP) is 1.32. The van der Waals surface area contributed by atoms with Gasteiger partial charge in [-0.15, -0.1) is 0 Å². The van der Waals surface area contributed by atoms with Gasteiger partial charge in [0, 0.05) is 25.6 Å². The molecule has 1 aliphatic rings. The van der Waals surface area contributed by atoms with E-state index in [2.05, 4.69) is 15.2 Å². The second kappa shape index (κ2) is 7.65. The van der Waals surface area contributed by atoms with Crippen molar-refractivity contribution in [3.63, 3.8) is 0 Å². The Morgan fingerprint density at radius 3 is 2.82 bits per heavy atom. The summed E-state index contributed by atoms with van der Waals surface area (Å²) in [5.74, 6) is -0.459.